The summed E-state index contributed by atoms with van der Waals surface area (Å²) >= 11 is 0. The maximum Gasteiger partial charge on any atom is 0.240 e. The lowest BCUT2D eigenvalue weighted by atomic mass is 9.95. The first kappa shape index (κ1) is 25.7. The second-order valence-corrected chi connectivity index (χ2v) is 7.16. The van der Waals surface area contributed by atoms with Gasteiger partial charge in [0.25, 0.3) is 0 Å². The first-order chi connectivity index (χ1) is 14.0. The molecule has 0 bridgehead atoms. The number of carbonyl (C=O) groups is 4. The second-order valence-electron chi connectivity index (χ2n) is 7.16. The fraction of sp³-hybridized carbons (Fsp3) is 0.765. The summed E-state index contributed by atoms with van der Waals surface area (Å²) in [4.78, 5) is 46.5. The minimum atomic E-state index is -1.54. The molecule has 13 nitrogen and oxygen atoms in total. The molecule has 172 valence electrons. The molecule has 1 aliphatic heterocycles. The van der Waals surface area contributed by atoms with Gasteiger partial charge in [0.15, 0.2) is 6.29 Å². The molecule has 0 radical (unpaired) electrons. The van der Waals surface area contributed by atoms with E-state index in [1.54, 1.807) is 6.92 Å². The summed E-state index contributed by atoms with van der Waals surface area (Å²) in [6.07, 6.45) is -5.35. The topological polar surface area (TPSA) is 240 Å². The number of nitrogens with two attached hydrogens (primary N) is 3. The van der Waals surface area contributed by atoms with Crippen molar-refractivity contribution in [1.82, 2.24) is 10.6 Å². The Balaban J connectivity index is 2.58. The Hall–Kier alpha value is -2.32. The molecule has 0 spiro atoms. The number of rotatable bonds is 11. The zero-order chi connectivity index (χ0) is 23.0. The van der Waals surface area contributed by atoms with Crippen LogP contribution >= 0.6 is 0 Å². The zero-order valence-corrected chi connectivity index (χ0v) is 16.7. The van der Waals surface area contributed by atoms with Gasteiger partial charge in [-0.2, -0.15) is 0 Å². The van der Waals surface area contributed by atoms with Gasteiger partial charge in [0, 0.05) is 12.8 Å². The molecule has 0 aromatic rings. The van der Waals surface area contributed by atoms with E-state index in [0.29, 0.717) is 6.42 Å². The number of hydrogen-bond acceptors (Lipinski definition) is 9. The van der Waals surface area contributed by atoms with Gasteiger partial charge in [0.05, 0.1) is 12.1 Å². The lowest BCUT2D eigenvalue weighted by Crippen LogP contribution is -2.63. The Morgan fingerprint density at radius 1 is 1.03 bits per heavy atom. The van der Waals surface area contributed by atoms with E-state index in [4.69, 9.17) is 21.9 Å². The van der Waals surface area contributed by atoms with Crippen LogP contribution in [0, 0.1) is 0 Å². The summed E-state index contributed by atoms with van der Waals surface area (Å²) in [5.74, 6) is -2.95. The third-order valence-electron chi connectivity index (χ3n) is 4.81. The molecule has 1 rings (SSSR count). The average molecular weight is 433 g/mol. The van der Waals surface area contributed by atoms with Gasteiger partial charge in [-0.3, -0.25) is 19.2 Å². The van der Waals surface area contributed by atoms with Crippen LogP contribution in [0.3, 0.4) is 0 Å². The van der Waals surface area contributed by atoms with E-state index in [1.807, 2.05) is 0 Å². The van der Waals surface area contributed by atoms with Crippen molar-refractivity contribution in [3.05, 3.63) is 0 Å². The number of aliphatic hydroxyl groups is 3. The van der Waals surface area contributed by atoms with Crippen molar-refractivity contribution in [3.63, 3.8) is 0 Å². The molecule has 1 fully saturated rings. The Bertz CT molecular complexity index is 633. The predicted octanol–water partition coefficient (Wildman–Crippen LogP) is -4.34. The van der Waals surface area contributed by atoms with Crippen LogP contribution in [0.5, 0.6) is 0 Å². The van der Waals surface area contributed by atoms with E-state index in [9.17, 15) is 34.5 Å². The van der Waals surface area contributed by atoms with Gasteiger partial charge in [0.2, 0.25) is 23.6 Å². The molecular weight excluding hydrogens is 402 g/mol. The van der Waals surface area contributed by atoms with Crippen molar-refractivity contribution in [2.45, 2.75) is 81.8 Å². The van der Waals surface area contributed by atoms with E-state index in [2.05, 4.69) is 10.6 Å². The third-order valence-corrected chi connectivity index (χ3v) is 4.81. The summed E-state index contributed by atoms with van der Waals surface area (Å²) in [6, 6.07) is -3.58. The average Bonchev–Trinajstić information content (AvgIpc) is 2.68. The number of hydrogen-bond donors (Lipinski definition) is 8. The standard InChI is InChI=1S/C17H31N5O8/c1-2-9-13(25)14(26)12(17(29)30-9)22-11(24)6-4-8(15(20)27)21-16(28)7(18)3-5-10(19)23/h7-9,12-14,17,25-26,29H,2-6,18H2,1H3,(H2,19,23)(H2,20,27)(H,21,28)(H,22,24). The summed E-state index contributed by atoms with van der Waals surface area (Å²) < 4.78 is 5.17. The van der Waals surface area contributed by atoms with Crippen molar-refractivity contribution in [2.24, 2.45) is 17.2 Å². The Labute approximate surface area is 173 Å². The Kier molecular flexibility index (Phi) is 10.1. The molecule has 13 heteroatoms. The summed E-state index contributed by atoms with van der Waals surface area (Å²) in [5, 5.41) is 34.7. The highest BCUT2D eigenvalue weighted by Gasteiger charge is 2.43. The van der Waals surface area contributed by atoms with Crippen LogP contribution in [0.25, 0.3) is 0 Å². The number of ether oxygens (including phenoxy) is 1. The largest absolute Gasteiger partial charge is 0.388 e. The molecule has 0 aromatic carbocycles. The second kappa shape index (κ2) is 11.8. The van der Waals surface area contributed by atoms with Gasteiger partial charge in [-0.1, -0.05) is 6.92 Å². The van der Waals surface area contributed by atoms with E-state index < -0.39 is 66.4 Å². The minimum Gasteiger partial charge on any atom is -0.388 e. The molecule has 0 aliphatic carbocycles. The Morgan fingerprint density at radius 2 is 1.67 bits per heavy atom. The predicted molar refractivity (Wildman–Crippen MR) is 102 cm³/mol. The number of nitrogens with one attached hydrogen (secondary N) is 2. The number of primary amides is 2. The smallest absolute Gasteiger partial charge is 0.240 e. The quantitative estimate of drug-likeness (QED) is 0.157. The number of amides is 4. The lowest BCUT2D eigenvalue weighted by molar-refractivity contribution is -0.247. The fourth-order valence-electron chi connectivity index (χ4n) is 2.97. The van der Waals surface area contributed by atoms with Crippen LogP contribution in [-0.2, 0) is 23.9 Å². The van der Waals surface area contributed by atoms with Gasteiger partial charge >= 0.3 is 0 Å². The third kappa shape index (κ3) is 7.50. The van der Waals surface area contributed by atoms with Gasteiger partial charge < -0.3 is 47.9 Å². The van der Waals surface area contributed by atoms with E-state index in [1.165, 1.54) is 0 Å². The van der Waals surface area contributed by atoms with Crippen LogP contribution in [-0.4, -0.2) is 81.7 Å². The van der Waals surface area contributed by atoms with Crippen LogP contribution < -0.4 is 27.8 Å². The summed E-state index contributed by atoms with van der Waals surface area (Å²) in [6.45, 7) is 1.70. The summed E-state index contributed by atoms with van der Waals surface area (Å²) in [7, 11) is 0. The molecular formula is C17H31N5O8. The van der Waals surface area contributed by atoms with E-state index in [0.717, 1.165) is 0 Å². The first-order valence-corrected chi connectivity index (χ1v) is 9.60. The highest BCUT2D eigenvalue weighted by Crippen LogP contribution is 2.22. The molecule has 0 saturated carbocycles. The summed E-state index contributed by atoms with van der Waals surface area (Å²) in [5.41, 5.74) is 15.8. The normalized spacial score (nSPS) is 28.2. The van der Waals surface area contributed by atoms with Crippen molar-refractivity contribution < 1.29 is 39.2 Å². The van der Waals surface area contributed by atoms with Gasteiger partial charge in [0.1, 0.15) is 24.3 Å². The van der Waals surface area contributed by atoms with Crippen LogP contribution in [0.1, 0.15) is 39.0 Å². The SMILES string of the molecule is CCC1OC(O)C(NC(=O)CCC(NC(=O)C(N)CCC(N)=O)C(N)=O)C(O)C1O. The highest BCUT2D eigenvalue weighted by molar-refractivity contribution is 5.89. The minimum absolute atomic E-state index is 0.0222. The molecule has 7 unspecified atom stereocenters. The van der Waals surface area contributed by atoms with Crippen molar-refractivity contribution in [2.75, 3.05) is 0 Å². The lowest BCUT2D eigenvalue weighted by Gasteiger charge is -2.40. The van der Waals surface area contributed by atoms with Crippen molar-refractivity contribution >= 4 is 23.6 Å². The molecule has 1 aliphatic rings. The number of aliphatic hydroxyl groups excluding tert-OH is 3. The maximum atomic E-state index is 12.2. The maximum absolute atomic E-state index is 12.2. The van der Waals surface area contributed by atoms with Crippen LogP contribution in [0.15, 0.2) is 0 Å². The molecule has 30 heavy (non-hydrogen) atoms. The molecule has 7 atom stereocenters. The van der Waals surface area contributed by atoms with Crippen molar-refractivity contribution in [1.29, 1.82) is 0 Å². The molecule has 0 aromatic heterocycles. The van der Waals surface area contributed by atoms with Crippen LogP contribution in [0.2, 0.25) is 0 Å². The fourth-order valence-corrected chi connectivity index (χ4v) is 2.97. The first-order valence-electron chi connectivity index (χ1n) is 9.60. The molecule has 1 saturated heterocycles. The zero-order valence-electron chi connectivity index (χ0n) is 16.7. The van der Waals surface area contributed by atoms with E-state index >= 15 is 0 Å². The molecule has 4 amide bonds. The van der Waals surface area contributed by atoms with Gasteiger partial charge in [-0.05, 0) is 19.3 Å². The number of carbonyl (C=O) groups excluding carboxylic acids is 4. The van der Waals surface area contributed by atoms with E-state index in [-0.39, 0.29) is 25.7 Å². The molecule has 1 heterocycles. The van der Waals surface area contributed by atoms with Gasteiger partial charge in [-0.25, -0.2) is 0 Å². The molecule has 11 N–H and O–H groups in total. The van der Waals surface area contributed by atoms with Crippen molar-refractivity contribution in [3.8, 4) is 0 Å². The van der Waals surface area contributed by atoms with Gasteiger partial charge in [-0.15, -0.1) is 0 Å². The highest BCUT2D eigenvalue weighted by atomic mass is 16.6. The Morgan fingerprint density at radius 3 is 2.20 bits per heavy atom. The monoisotopic (exact) mass is 433 g/mol. The van der Waals surface area contributed by atoms with Crippen LogP contribution in [0.4, 0.5) is 0 Å².